The minimum atomic E-state index is 1.06. The fourth-order valence-corrected chi connectivity index (χ4v) is 1.71. The first-order valence-corrected chi connectivity index (χ1v) is 5.54. The van der Waals surface area contributed by atoms with Gasteiger partial charge < -0.3 is 0 Å². The van der Waals surface area contributed by atoms with Crippen LogP contribution in [0, 0.1) is 0 Å². The molecular formula is C9H19P. The Labute approximate surface area is 66.9 Å². The van der Waals surface area contributed by atoms with Crippen molar-refractivity contribution in [1.82, 2.24) is 0 Å². The second-order valence-corrected chi connectivity index (χ2v) is 3.76. The summed E-state index contributed by atoms with van der Waals surface area (Å²) in [6.45, 7) is 4.35. The van der Waals surface area contributed by atoms with E-state index in [1.54, 1.807) is 0 Å². The van der Waals surface area contributed by atoms with Gasteiger partial charge in [-0.2, -0.15) is 0 Å². The lowest BCUT2D eigenvalue weighted by Crippen LogP contribution is -1.76. The first kappa shape index (κ1) is 10.2. The second kappa shape index (κ2) is 9.17. The van der Waals surface area contributed by atoms with Gasteiger partial charge in [-0.05, 0) is 19.5 Å². The van der Waals surface area contributed by atoms with Gasteiger partial charge in [-0.1, -0.05) is 46.7 Å². The predicted octanol–water partition coefficient (Wildman–Crippen LogP) is 3.78. The van der Waals surface area contributed by atoms with Crippen molar-refractivity contribution in [3.63, 3.8) is 0 Å². The molecule has 0 spiro atoms. The van der Waals surface area contributed by atoms with Crippen LogP contribution >= 0.6 is 8.58 Å². The zero-order valence-electron chi connectivity index (χ0n) is 7.19. The van der Waals surface area contributed by atoms with Crippen LogP contribution in [0.15, 0.2) is 11.9 Å². The number of hydrogen-bond acceptors (Lipinski definition) is 0. The Bertz CT molecular complexity index is 76.8. The van der Waals surface area contributed by atoms with Crippen molar-refractivity contribution in [2.24, 2.45) is 0 Å². The van der Waals surface area contributed by atoms with E-state index in [-0.39, 0.29) is 0 Å². The molecule has 0 aromatic carbocycles. The molecule has 0 saturated carbocycles. The normalized spacial score (nSPS) is 12.2. The van der Waals surface area contributed by atoms with Gasteiger partial charge in [-0.3, -0.25) is 0 Å². The summed E-state index contributed by atoms with van der Waals surface area (Å²) in [6, 6.07) is 0. The predicted molar refractivity (Wildman–Crippen MR) is 52.1 cm³/mol. The van der Waals surface area contributed by atoms with E-state index in [0.717, 1.165) is 8.58 Å². The molecule has 1 atom stereocenters. The van der Waals surface area contributed by atoms with Crippen LogP contribution < -0.4 is 0 Å². The highest BCUT2D eigenvalue weighted by molar-refractivity contribution is 7.41. The van der Waals surface area contributed by atoms with E-state index >= 15 is 0 Å². The lowest BCUT2D eigenvalue weighted by molar-refractivity contribution is 0.706. The van der Waals surface area contributed by atoms with Gasteiger partial charge in [0.1, 0.15) is 0 Å². The molecule has 60 valence electrons. The SMILES string of the molecule is C/C=C\PCCCCCC. The van der Waals surface area contributed by atoms with Crippen molar-refractivity contribution in [2.75, 3.05) is 6.16 Å². The summed E-state index contributed by atoms with van der Waals surface area (Å²) in [5.41, 5.74) is 0. The van der Waals surface area contributed by atoms with E-state index in [1.807, 2.05) is 0 Å². The van der Waals surface area contributed by atoms with Crippen molar-refractivity contribution in [2.45, 2.75) is 39.5 Å². The second-order valence-electron chi connectivity index (χ2n) is 2.51. The Kier molecular flexibility index (Phi) is 9.33. The molecule has 0 aliphatic heterocycles. The summed E-state index contributed by atoms with van der Waals surface area (Å²) in [5, 5.41) is 0. The molecule has 0 fully saturated rings. The first-order chi connectivity index (χ1) is 4.91. The Morgan fingerprint density at radius 3 is 2.60 bits per heavy atom. The third-order valence-electron chi connectivity index (χ3n) is 1.46. The van der Waals surface area contributed by atoms with Crippen molar-refractivity contribution in [3.8, 4) is 0 Å². The molecule has 0 radical (unpaired) electrons. The van der Waals surface area contributed by atoms with Crippen LogP contribution in [0.5, 0.6) is 0 Å². The number of hydrogen-bond donors (Lipinski definition) is 0. The lowest BCUT2D eigenvalue weighted by Gasteiger charge is -1.95. The fourth-order valence-electron chi connectivity index (χ4n) is 0.855. The molecule has 0 aliphatic rings. The Hall–Kier alpha value is 0.170. The summed E-state index contributed by atoms with van der Waals surface area (Å²) in [6.07, 6.45) is 9.19. The smallest absolute Gasteiger partial charge is 0.0319 e. The highest BCUT2D eigenvalue weighted by atomic mass is 31.1. The maximum Gasteiger partial charge on any atom is -0.0319 e. The molecule has 0 nitrogen and oxygen atoms in total. The molecule has 0 amide bonds. The summed E-state index contributed by atoms with van der Waals surface area (Å²) in [4.78, 5) is 0. The molecule has 0 aromatic heterocycles. The van der Waals surface area contributed by atoms with E-state index in [2.05, 4.69) is 25.7 Å². The van der Waals surface area contributed by atoms with Crippen LogP contribution in [0.4, 0.5) is 0 Å². The minimum absolute atomic E-state index is 1.06. The van der Waals surface area contributed by atoms with Gasteiger partial charge in [-0.25, -0.2) is 0 Å². The lowest BCUT2D eigenvalue weighted by atomic mass is 10.2. The van der Waals surface area contributed by atoms with E-state index in [9.17, 15) is 0 Å². The van der Waals surface area contributed by atoms with E-state index < -0.39 is 0 Å². The molecule has 1 unspecified atom stereocenters. The highest BCUT2D eigenvalue weighted by Crippen LogP contribution is 2.14. The van der Waals surface area contributed by atoms with Crippen molar-refractivity contribution < 1.29 is 0 Å². The van der Waals surface area contributed by atoms with Gasteiger partial charge in [0.15, 0.2) is 0 Å². The molecular weight excluding hydrogens is 139 g/mol. The van der Waals surface area contributed by atoms with Crippen LogP contribution in [0.1, 0.15) is 39.5 Å². The third kappa shape index (κ3) is 8.17. The molecule has 0 bridgehead atoms. The van der Waals surface area contributed by atoms with E-state index in [0.29, 0.717) is 0 Å². The van der Waals surface area contributed by atoms with E-state index in [4.69, 9.17) is 0 Å². The Morgan fingerprint density at radius 1 is 1.20 bits per heavy atom. The molecule has 0 aromatic rings. The average Bonchev–Trinajstić information content (AvgIpc) is 1.97. The molecule has 0 heterocycles. The summed E-state index contributed by atoms with van der Waals surface area (Å²) >= 11 is 0. The third-order valence-corrected chi connectivity index (χ3v) is 2.67. The van der Waals surface area contributed by atoms with Crippen LogP contribution in [-0.4, -0.2) is 6.16 Å². The minimum Gasteiger partial charge on any atom is -0.0988 e. The number of allylic oxidation sites excluding steroid dienone is 1. The van der Waals surface area contributed by atoms with Crippen LogP contribution in [0.2, 0.25) is 0 Å². The molecule has 0 rings (SSSR count). The number of unbranched alkanes of at least 4 members (excludes halogenated alkanes) is 3. The molecule has 1 heteroatoms. The van der Waals surface area contributed by atoms with E-state index in [1.165, 1.54) is 31.8 Å². The average molecular weight is 158 g/mol. The van der Waals surface area contributed by atoms with Gasteiger partial charge in [0.2, 0.25) is 0 Å². The fraction of sp³-hybridized carbons (Fsp3) is 0.778. The quantitative estimate of drug-likeness (QED) is 0.407. The Morgan fingerprint density at radius 2 is 2.00 bits per heavy atom. The first-order valence-electron chi connectivity index (χ1n) is 4.26. The van der Waals surface area contributed by atoms with Gasteiger partial charge in [0.05, 0.1) is 0 Å². The molecule has 0 aliphatic carbocycles. The zero-order chi connectivity index (χ0) is 7.66. The topological polar surface area (TPSA) is 0 Å². The van der Waals surface area contributed by atoms with Crippen molar-refractivity contribution in [1.29, 1.82) is 0 Å². The highest BCUT2D eigenvalue weighted by Gasteiger charge is 1.84. The van der Waals surface area contributed by atoms with Gasteiger partial charge >= 0.3 is 0 Å². The molecule has 0 N–H and O–H groups in total. The summed E-state index contributed by atoms with van der Waals surface area (Å²) in [7, 11) is 1.06. The maximum atomic E-state index is 2.28. The maximum absolute atomic E-state index is 2.28. The zero-order valence-corrected chi connectivity index (χ0v) is 8.19. The van der Waals surface area contributed by atoms with Crippen LogP contribution in [0.3, 0.4) is 0 Å². The van der Waals surface area contributed by atoms with Gasteiger partial charge in [0.25, 0.3) is 0 Å². The van der Waals surface area contributed by atoms with Gasteiger partial charge in [-0.15, -0.1) is 0 Å². The van der Waals surface area contributed by atoms with Crippen molar-refractivity contribution >= 4 is 8.58 Å². The van der Waals surface area contributed by atoms with Crippen LogP contribution in [0.25, 0.3) is 0 Å². The monoisotopic (exact) mass is 158 g/mol. The molecule has 10 heavy (non-hydrogen) atoms. The standard InChI is InChI=1S/C9H19P/c1-3-5-6-7-9-10-8-4-2/h4,8,10H,3,5-7,9H2,1-2H3/b8-4-. The van der Waals surface area contributed by atoms with Crippen LogP contribution in [-0.2, 0) is 0 Å². The summed E-state index contributed by atoms with van der Waals surface area (Å²) < 4.78 is 0. The van der Waals surface area contributed by atoms with Gasteiger partial charge in [0, 0.05) is 0 Å². The van der Waals surface area contributed by atoms with Crippen molar-refractivity contribution in [3.05, 3.63) is 11.9 Å². The Balaban J connectivity index is 2.77. The summed E-state index contributed by atoms with van der Waals surface area (Å²) in [5.74, 6) is 2.28. The number of rotatable bonds is 6. The largest absolute Gasteiger partial charge is 0.0988 e. The molecule has 0 saturated heterocycles.